The molecule has 0 aliphatic rings. The van der Waals surface area contributed by atoms with Crippen molar-refractivity contribution in [1.82, 2.24) is 0 Å². The Morgan fingerprint density at radius 1 is 0.842 bits per heavy atom. The average Bonchev–Trinajstić information content (AvgIpc) is 2.38. The highest BCUT2D eigenvalue weighted by Crippen LogP contribution is 2.30. The summed E-state index contributed by atoms with van der Waals surface area (Å²) in [6.07, 6.45) is -4.31. The lowest BCUT2D eigenvalue weighted by molar-refractivity contribution is -0.137. The molecule has 1 atom stereocenters. The molecular formula is C15H14F3N. The van der Waals surface area contributed by atoms with Crippen LogP contribution in [-0.4, -0.2) is 0 Å². The summed E-state index contributed by atoms with van der Waals surface area (Å²) in [6.45, 7) is 1.97. The smallest absolute Gasteiger partial charge is 0.320 e. The topological polar surface area (TPSA) is 26.0 Å². The van der Waals surface area contributed by atoms with Crippen LogP contribution in [0.5, 0.6) is 0 Å². The molecule has 0 bridgehead atoms. The van der Waals surface area contributed by atoms with Crippen molar-refractivity contribution < 1.29 is 13.2 Å². The van der Waals surface area contributed by atoms with Crippen LogP contribution in [0.15, 0.2) is 48.5 Å². The molecule has 1 nitrogen and oxygen atoms in total. The summed E-state index contributed by atoms with van der Waals surface area (Å²) in [6, 6.07) is 12.2. The molecule has 19 heavy (non-hydrogen) atoms. The van der Waals surface area contributed by atoms with Crippen LogP contribution in [0.4, 0.5) is 13.2 Å². The maximum atomic E-state index is 12.5. The second kappa shape index (κ2) is 5.05. The van der Waals surface area contributed by atoms with Gasteiger partial charge >= 0.3 is 6.18 Å². The van der Waals surface area contributed by atoms with Gasteiger partial charge in [0.05, 0.1) is 11.6 Å². The van der Waals surface area contributed by atoms with Crippen molar-refractivity contribution in [3.8, 4) is 0 Å². The molecule has 0 spiro atoms. The number of alkyl halides is 3. The van der Waals surface area contributed by atoms with Crippen molar-refractivity contribution in [2.24, 2.45) is 5.73 Å². The van der Waals surface area contributed by atoms with Gasteiger partial charge in [-0.15, -0.1) is 0 Å². The van der Waals surface area contributed by atoms with Crippen LogP contribution in [-0.2, 0) is 6.18 Å². The SMILES string of the molecule is Cc1ccc(C(N)c2ccc(C(F)(F)F)cc2)cc1. The largest absolute Gasteiger partial charge is 0.416 e. The minimum atomic E-state index is -4.31. The van der Waals surface area contributed by atoms with Crippen LogP contribution in [0.2, 0.25) is 0 Å². The Morgan fingerprint density at radius 3 is 1.68 bits per heavy atom. The molecule has 0 amide bonds. The van der Waals surface area contributed by atoms with Crippen LogP contribution in [0.3, 0.4) is 0 Å². The standard InChI is InChI=1S/C15H14F3N/c1-10-2-4-11(5-3-10)14(19)12-6-8-13(9-7-12)15(16,17)18/h2-9,14H,19H2,1H3. The lowest BCUT2D eigenvalue weighted by Gasteiger charge is -2.14. The molecule has 0 saturated heterocycles. The number of hydrogen-bond donors (Lipinski definition) is 1. The van der Waals surface area contributed by atoms with E-state index in [1.165, 1.54) is 12.1 Å². The van der Waals surface area contributed by atoms with Gasteiger partial charge in [0.1, 0.15) is 0 Å². The van der Waals surface area contributed by atoms with Gasteiger partial charge in [0, 0.05) is 0 Å². The Bertz CT molecular complexity index is 541. The molecule has 4 heteroatoms. The molecule has 0 radical (unpaired) electrons. The van der Waals surface area contributed by atoms with E-state index in [-0.39, 0.29) is 0 Å². The van der Waals surface area contributed by atoms with E-state index >= 15 is 0 Å². The number of nitrogens with two attached hydrogens (primary N) is 1. The van der Waals surface area contributed by atoms with Gasteiger partial charge in [0.15, 0.2) is 0 Å². The Morgan fingerprint density at radius 2 is 1.26 bits per heavy atom. The second-order valence-electron chi connectivity index (χ2n) is 4.51. The van der Waals surface area contributed by atoms with Crippen LogP contribution in [0, 0.1) is 6.92 Å². The summed E-state index contributed by atoms with van der Waals surface area (Å²) in [4.78, 5) is 0. The van der Waals surface area contributed by atoms with Crippen LogP contribution < -0.4 is 5.73 Å². The third kappa shape index (κ3) is 3.15. The molecule has 0 heterocycles. The fourth-order valence-corrected chi connectivity index (χ4v) is 1.85. The Balaban J connectivity index is 2.25. The van der Waals surface area contributed by atoms with E-state index in [0.29, 0.717) is 5.56 Å². The molecule has 0 aliphatic carbocycles. The van der Waals surface area contributed by atoms with Crippen molar-refractivity contribution in [3.63, 3.8) is 0 Å². The molecule has 2 N–H and O–H groups in total. The van der Waals surface area contributed by atoms with Gasteiger partial charge in [-0.25, -0.2) is 0 Å². The minimum absolute atomic E-state index is 0.414. The van der Waals surface area contributed by atoms with Gasteiger partial charge in [-0.05, 0) is 30.2 Å². The number of halogens is 3. The molecule has 2 aromatic rings. The molecule has 0 saturated carbocycles. The zero-order valence-electron chi connectivity index (χ0n) is 10.4. The number of aryl methyl sites for hydroxylation is 1. The summed E-state index contributed by atoms with van der Waals surface area (Å²) in [5.74, 6) is 0. The van der Waals surface area contributed by atoms with Crippen LogP contribution >= 0.6 is 0 Å². The summed E-state index contributed by atoms with van der Waals surface area (Å²) in [5, 5.41) is 0. The first-order valence-electron chi connectivity index (χ1n) is 5.87. The first-order chi connectivity index (χ1) is 8.88. The third-order valence-corrected chi connectivity index (χ3v) is 3.03. The monoisotopic (exact) mass is 265 g/mol. The number of hydrogen-bond acceptors (Lipinski definition) is 1. The summed E-state index contributed by atoms with van der Waals surface area (Å²) < 4.78 is 37.4. The summed E-state index contributed by atoms with van der Waals surface area (Å²) >= 11 is 0. The highest BCUT2D eigenvalue weighted by molar-refractivity contribution is 5.34. The second-order valence-corrected chi connectivity index (χ2v) is 4.51. The quantitative estimate of drug-likeness (QED) is 0.870. The molecular weight excluding hydrogens is 251 g/mol. The van der Waals surface area contributed by atoms with Gasteiger partial charge in [-0.3, -0.25) is 0 Å². The van der Waals surface area contributed by atoms with Crippen LogP contribution in [0.1, 0.15) is 28.3 Å². The maximum absolute atomic E-state index is 12.5. The Labute approximate surface area is 109 Å². The number of rotatable bonds is 2. The Hall–Kier alpha value is -1.81. The van der Waals surface area contributed by atoms with E-state index in [1.54, 1.807) is 0 Å². The lowest BCUT2D eigenvalue weighted by atomic mass is 9.98. The molecule has 0 fully saturated rings. The first-order valence-corrected chi connectivity index (χ1v) is 5.87. The lowest BCUT2D eigenvalue weighted by Crippen LogP contribution is -2.12. The Kier molecular flexibility index (Phi) is 3.62. The van der Waals surface area contributed by atoms with Gasteiger partial charge in [-0.2, -0.15) is 13.2 Å². The van der Waals surface area contributed by atoms with Gasteiger partial charge in [0.2, 0.25) is 0 Å². The van der Waals surface area contributed by atoms with Crippen molar-refractivity contribution in [1.29, 1.82) is 0 Å². The van der Waals surface area contributed by atoms with Crippen molar-refractivity contribution in [2.75, 3.05) is 0 Å². The summed E-state index contributed by atoms with van der Waals surface area (Å²) in [7, 11) is 0. The van der Waals surface area contributed by atoms with E-state index in [4.69, 9.17) is 5.73 Å². The normalized spacial score (nSPS) is 13.3. The van der Waals surface area contributed by atoms with E-state index in [1.807, 2.05) is 31.2 Å². The highest BCUT2D eigenvalue weighted by atomic mass is 19.4. The van der Waals surface area contributed by atoms with Gasteiger partial charge in [0.25, 0.3) is 0 Å². The maximum Gasteiger partial charge on any atom is 0.416 e. The molecule has 0 aliphatic heterocycles. The van der Waals surface area contributed by atoms with Gasteiger partial charge in [-0.1, -0.05) is 42.0 Å². The van der Waals surface area contributed by atoms with Gasteiger partial charge < -0.3 is 5.73 Å². The third-order valence-electron chi connectivity index (χ3n) is 3.03. The zero-order chi connectivity index (χ0) is 14.0. The summed E-state index contributed by atoms with van der Waals surface area (Å²) in [5.41, 5.74) is 8.04. The predicted molar refractivity (Wildman–Crippen MR) is 68.7 cm³/mol. The zero-order valence-corrected chi connectivity index (χ0v) is 10.4. The highest BCUT2D eigenvalue weighted by Gasteiger charge is 2.30. The fraction of sp³-hybridized carbons (Fsp3) is 0.200. The van der Waals surface area contributed by atoms with Crippen molar-refractivity contribution in [2.45, 2.75) is 19.1 Å². The molecule has 1 unspecified atom stereocenters. The van der Waals surface area contributed by atoms with E-state index in [2.05, 4.69) is 0 Å². The molecule has 0 aromatic heterocycles. The molecule has 2 aromatic carbocycles. The minimum Gasteiger partial charge on any atom is -0.320 e. The predicted octanol–water partition coefficient (Wildman–Crippen LogP) is 4.06. The average molecular weight is 265 g/mol. The van der Waals surface area contributed by atoms with E-state index in [0.717, 1.165) is 23.3 Å². The number of benzene rings is 2. The first kappa shape index (κ1) is 13.6. The van der Waals surface area contributed by atoms with Crippen molar-refractivity contribution in [3.05, 3.63) is 70.8 Å². The van der Waals surface area contributed by atoms with Crippen LogP contribution in [0.25, 0.3) is 0 Å². The molecule has 2 rings (SSSR count). The van der Waals surface area contributed by atoms with E-state index < -0.39 is 17.8 Å². The fourth-order valence-electron chi connectivity index (χ4n) is 1.85. The van der Waals surface area contributed by atoms with Crippen molar-refractivity contribution >= 4 is 0 Å². The molecule has 100 valence electrons. The van der Waals surface area contributed by atoms with E-state index in [9.17, 15) is 13.2 Å².